The molecule has 1 heterocycles. The zero-order valence-electron chi connectivity index (χ0n) is 11.7. The second-order valence-corrected chi connectivity index (χ2v) is 5.48. The normalized spacial score (nSPS) is 16.4. The van der Waals surface area contributed by atoms with Gasteiger partial charge in [-0.1, -0.05) is 17.3 Å². The fourth-order valence-corrected chi connectivity index (χ4v) is 2.07. The Balaban J connectivity index is 1.79. The third-order valence-corrected chi connectivity index (χ3v) is 3.25. The Hall–Kier alpha value is -1.88. The van der Waals surface area contributed by atoms with Crippen LogP contribution in [0.2, 0.25) is 0 Å². The summed E-state index contributed by atoms with van der Waals surface area (Å²) in [6.45, 7) is 3.99. The Kier molecular flexibility index (Phi) is 3.44. The lowest BCUT2D eigenvalue weighted by Crippen LogP contribution is -2.14. The van der Waals surface area contributed by atoms with E-state index in [1.807, 2.05) is 38.1 Å². The van der Waals surface area contributed by atoms with Crippen molar-refractivity contribution in [2.45, 2.75) is 44.8 Å². The van der Waals surface area contributed by atoms with Crippen LogP contribution in [-0.4, -0.2) is 16.2 Å². The van der Waals surface area contributed by atoms with Gasteiger partial charge in [0, 0.05) is 5.92 Å². The molecular formula is C15H19N3O2. The largest absolute Gasteiger partial charge is 0.491 e. The molecule has 1 atom stereocenters. The molecule has 1 fully saturated rings. The van der Waals surface area contributed by atoms with E-state index in [1.54, 1.807) is 0 Å². The van der Waals surface area contributed by atoms with Crippen LogP contribution in [0.4, 0.5) is 0 Å². The molecule has 1 aromatic carbocycles. The molecule has 1 aliphatic rings. The number of nitrogens with zero attached hydrogens (tertiary/aromatic N) is 2. The van der Waals surface area contributed by atoms with Crippen LogP contribution in [0.25, 0.3) is 0 Å². The first-order valence-corrected chi connectivity index (χ1v) is 6.99. The molecule has 5 heteroatoms. The summed E-state index contributed by atoms with van der Waals surface area (Å²) < 4.78 is 10.9. The average molecular weight is 273 g/mol. The minimum Gasteiger partial charge on any atom is -0.491 e. The van der Waals surface area contributed by atoms with Gasteiger partial charge in [0.2, 0.25) is 5.89 Å². The van der Waals surface area contributed by atoms with E-state index in [1.165, 1.54) is 0 Å². The van der Waals surface area contributed by atoms with Crippen molar-refractivity contribution in [1.82, 2.24) is 10.1 Å². The predicted molar refractivity (Wildman–Crippen MR) is 74.5 cm³/mol. The molecule has 1 aliphatic carbocycles. The van der Waals surface area contributed by atoms with Crippen molar-refractivity contribution < 1.29 is 9.26 Å². The Bertz CT molecular complexity index is 590. The van der Waals surface area contributed by atoms with Gasteiger partial charge in [-0.2, -0.15) is 4.98 Å². The van der Waals surface area contributed by atoms with Crippen LogP contribution >= 0.6 is 0 Å². The molecule has 0 radical (unpaired) electrons. The molecule has 0 spiro atoms. The van der Waals surface area contributed by atoms with Gasteiger partial charge in [0.1, 0.15) is 5.75 Å². The zero-order valence-corrected chi connectivity index (χ0v) is 11.7. The Morgan fingerprint density at radius 3 is 2.85 bits per heavy atom. The van der Waals surface area contributed by atoms with E-state index in [9.17, 15) is 0 Å². The summed E-state index contributed by atoms with van der Waals surface area (Å²) in [5.41, 5.74) is 7.13. The van der Waals surface area contributed by atoms with E-state index in [4.69, 9.17) is 15.0 Å². The standard InChI is InChI=1S/C15H19N3O2/c1-9(2)19-12-5-3-4-11(8-12)13(16)14-17-15(20-18-14)10-6-7-10/h3-5,8-10,13H,6-7,16H2,1-2H3. The van der Waals surface area contributed by atoms with Crippen molar-refractivity contribution in [3.63, 3.8) is 0 Å². The van der Waals surface area contributed by atoms with Crippen LogP contribution < -0.4 is 10.5 Å². The molecule has 2 aromatic rings. The van der Waals surface area contributed by atoms with Gasteiger partial charge < -0.3 is 15.0 Å². The summed E-state index contributed by atoms with van der Waals surface area (Å²) >= 11 is 0. The smallest absolute Gasteiger partial charge is 0.229 e. The van der Waals surface area contributed by atoms with Crippen LogP contribution in [0.15, 0.2) is 28.8 Å². The lowest BCUT2D eigenvalue weighted by molar-refractivity contribution is 0.242. The molecule has 20 heavy (non-hydrogen) atoms. The monoisotopic (exact) mass is 273 g/mol. The maximum absolute atomic E-state index is 6.21. The number of hydrogen-bond donors (Lipinski definition) is 1. The van der Waals surface area contributed by atoms with E-state index >= 15 is 0 Å². The van der Waals surface area contributed by atoms with Crippen LogP contribution in [0.3, 0.4) is 0 Å². The summed E-state index contributed by atoms with van der Waals surface area (Å²) in [5, 5.41) is 3.99. The molecule has 0 saturated heterocycles. The van der Waals surface area contributed by atoms with E-state index in [0.29, 0.717) is 17.6 Å². The summed E-state index contributed by atoms with van der Waals surface area (Å²) in [6.07, 6.45) is 2.40. The summed E-state index contributed by atoms with van der Waals surface area (Å²) in [7, 11) is 0. The number of nitrogens with two attached hydrogens (primary N) is 1. The summed E-state index contributed by atoms with van der Waals surface area (Å²) in [4.78, 5) is 4.40. The first-order valence-electron chi connectivity index (χ1n) is 6.99. The van der Waals surface area contributed by atoms with Crippen LogP contribution in [0, 0.1) is 0 Å². The lowest BCUT2D eigenvalue weighted by atomic mass is 10.1. The fraction of sp³-hybridized carbons (Fsp3) is 0.467. The second-order valence-electron chi connectivity index (χ2n) is 5.48. The SMILES string of the molecule is CC(C)Oc1cccc(C(N)c2noc(C3CC3)n2)c1. The van der Waals surface area contributed by atoms with Gasteiger partial charge in [-0.15, -0.1) is 0 Å². The Labute approximate surface area is 118 Å². The van der Waals surface area contributed by atoms with Crippen molar-refractivity contribution in [2.24, 2.45) is 5.73 Å². The van der Waals surface area contributed by atoms with Gasteiger partial charge in [0.15, 0.2) is 5.82 Å². The quantitative estimate of drug-likeness (QED) is 0.906. The number of benzene rings is 1. The van der Waals surface area contributed by atoms with Crippen molar-refractivity contribution in [3.8, 4) is 5.75 Å². The third kappa shape index (κ3) is 2.82. The topological polar surface area (TPSA) is 74.2 Å². The highest BCUT2D eigenvalue weighted by molar-refractivity contribution is 5.33. The Morgan fingerprint density at radius 2 is 2.15 bits per heavy atom. The molecule has 1 unspecified atom stereocenters. The fourth-order valence-electron chi connectivity index (χ4n) is 2.07. The lowest BCUT2D eigenvalue weighted by Gasteiger charge is -2.12. The Morgan fingerprint density at radius 1 is 1.35 bits per heavy atom. The summed E-state index contributed by atoms with van der Waals surface area (Å²) in [6, 6.07) is 7.33. The molecule has 1 saturated carbocycles. The molecule has 0 amide bonds. The first kappa shape index (κ1) is 13.1. The highest BCUT2D eigenvalue weighted by Gasteiger charge is 2.30. The van der Waals surface area contributed by atoms with E-state index in [2.05, 4.69) is 10.1 Å². The second kappa shape index (κ2) is 5.25. The highest BCUT2D eigenvalue weighted by atomic mass is 16.5. The predicted octanol–water partition coefficient (Wildman–Crippen LogP) is 2.78. The molecular weight excluding hydrogens is 254 g/mol. The minimum absolute atomic E-state index is 0.133. The number of rotatable bonds is 5. The molecule has 3 rings (SSSR count). The summed E-state index contributed by atoms with van der Waals surface area (Å²) in [5.74, 6) is 2.50. The molecule has 2 N–H and O–H groups in total. The maximum Gasteiger partial charge on any atom is 0.229 e. The van der Waals surface area contributed by atoms with E-state index in [-0.39, 0.29) is 12.1 Å². The highest BCUT2D eigenvalue weighted by Crippen LogP contribution is 2.39. The molecule has 1 aromatic heterocycles. The zero-order chi connectivity index (χ0) is 14.1. The van der Waals surface area contributed by atoms with Crippen LogP contribution in [-0.2, 0) is 0 Å². The van der Waals surface area contributed by atoms with Crippen LogP contribution in [0.1, 0.15) is 55.9 Å². The molecule has 0 bridgehead atoms. The third-order valence-electron chi connectivity index (χ3n) is 3.25. The molecule has 5 nitrogen and oxygen atoms in total. The van der Waals surface area contributed by atoms with Crippen molar-refractivity contribution in [1.29, 1.82) is 0 Å². The van der Waals surface area contributed by atoms with Gasteiger partial charge in [0.25, 0.3) is 0 Å². The van der Waals surface area contributed by atoms with E-state index in [0.717, 1.165) is 24.2 Å². The maximum atomic E-state index is 6.21. The molecule has 0 aliphatic heterocycles. The van der Waals surface area contributed by atoms with Crippen LogP contribution in [0.5, 0.6) is 5.75 Å². The average Bonchev–Trinajstić information content (AvgIpc) is 3.15. The van der Waals surface area contributed by atoms with Crippen molar-refractivity contribution in [2.75, 3.05) is 0 Å². The van der Waals surface area contributed by atoms with E-state index < -0.39 is 0 Å². The van der Waals surface area contributed by atoms with Crippen molar-refractivity contribution >= 4 is 0 Å². The van der Waals surface area contributed by atoms with Gasteiger partial charge >= 0.3 is 0 Å². The van der Waals surface area contributed by atoms with Gasteiger partial charge in [-0.25, -0.2) is 0 Å². The number of ether oxygens (including phenoxy) is 1. The minimum atomic E-state index is -0.387. The van der Waals surface area contributed by atoms with Gasteiger partial charge in [-0.3, -0.25) is 0 Å². The van der Waals surface area contributed by atoms with Crippen molar-refractivity contribution in [3.05, 3.63) is 41.5 Å². The van der Waals surface area contributed by atoms with Gasteiger partial charge in [-0.05, 0) is 44.4 Å². The first-order chi connectivity index (χ1) is 9.63. The number of hydrogen-bond acceptors (Lipinski definition) is 5. The molecule has 106 valence electrons. The van der Waals surface area contributed by atoms with Gasteiger partial charge in [0.05, 0.1) is 12.1 Å². The number of aromatic nitrogens is 2.